The second kappa shape index (κ2) is 5.23. The van der Waals surface area contributed by atoms with Crippen molar-refractivity contribution in [3.8, 4) is 5.75 Å². The van der Waals surface area contributed by atoms with Crippen LogP contribution >= 0.6 is 11.6 Å². The van der Waals surface area contributed by atoms with E-state index in [1.807, 2.05) is 6.07 Å². The van der Waals surface area contributed by atoms with Crippen LogP contribution in [0, 0.1) is 13.8 Å². The molecule has 0 bridgehead atoms. The number of methoxy groups -OCH3 is 1. The predicted octanol–water partition coefficient (Wildman–Crippen LogP) is 2.60. The van der Waals surface area contributed by atoms with E-state index in [1.165, 1.54) is 16.7 Å². The zero-order valence-corrected chi connectivity index (χ0v) is 9.61. The van der Waals surface area contributed by atoms with Gasteiger partial charge in [0.05, 0.1) is 13.1 Å². The van der Waals surface area contributed by atoms with Crippen LogP contribution in [0.1, 0.15) is 16.7 Å². The van der Waals surface area contributed by atoms with E-state index >= 15 is 0 Å². The van der Waals surface area contributed by atoms with Gasteiger partial charge in [-0.05, 0) is 36.6 Å². The minimum atomic E-state index is 0.477. The molecule has 3 heteroatoms. The Labute approximate surface area is 90.2 Å². The Hall–Kier alpha value is -0.730. The van der Waals surface area contributed by atoms with E-state index in [0.29, 0.717) is 6.00 Å². The maximum Gasteiger partial charge on any atom is 0.122 e. The number of rotatable bonds is 4. The van der Waals surface area contributed by atoms with Gasteiger partial charge >= 0.3 is 0 Å². The van der Waals surface area contributed by atoms with Crippen molar-refractivity contribution >= 4 is 11.6 Å². The molecule has 0 atom stereocenters. The Morgan fingerprint density at radius 2 is 2.00 bits per heavy atom. The lowest BCUT2D eigenvalue weighted by atomic mass is 10.0. The largest absolute Gasteiger partial charge is 0.496 e. The fourth-order valence-corrected chi connectivity index (χ4v) is 1.54. The molecule has 0 fully saturated rings. The second-order valence-electron chi connectivity index (χ2n) is 3.24. The van der Waals surface area contributed by atoms with Crippen LogP contribution in [0.15, 0.2) is 12.1 Å². The molecule has 14 heavy (non-hydrogen) atoms. The van der Waals surface area contributed by atoms with Gasteiger partial charge in [-0.25, -0.2) is 0 Å². The molecule has 0 aliphatic heterocycles. The van der Waals surface area contributed by atoms with Gasteiger partial charge in [0.15, 0.2) is 0 Å². The highest BCUT2D eigenvalue weighted by Crippen LogP contribution is 2.23. The van der Waals surface area contributed by atoms with Gasteiger partial charge in [-0.1, -0.05) is 6.07 Å². The molecule has 1 rings (SSSR count). The van der Waals surface area contributed by atoms with E-state index in [-0.39, 0.29) is 0 Å². The normalized spacial score (nSPS) is 10.3. The summed E-state index contributed by atoms with van der Waals surface area (Å²) in [6.07, 6.45) is 0. The first kappa shape index (κ1) is 11.3. The third kappa shape index (κ3) is 2.40. The van der Waals surface area contributed by atoms with Gasteiger partial charge in [0.2, 0.25) is 0 Å². The van der Waals surface area contributed by atoms with Crippen molar-refractivity contribution in [3.63, 3.8) is 0 Å². The molecule has 0 saturated heterocycles. The molecule has 78 valence electrons. The van der Waals surface area contributed by atoms with Crippen molar-refractivity contribution in [2.45, 2.75) is 20.4 Å². The molecule has 0 saturated carbocycles. The summed E-state index contributed by atoms with van der Waals surface area (Å²) in [6, 6.07) is 4.54. The SMILES string of the molecule is COc1ccc(CNCCl)c(C)c1C. The number of nitrogens with one attached hydrogen (secondary N) is 1. The van der Waals surface area contributed by atoms with Gasteiger partial charge in [-0.2, -0.15) is 0 Å². The Bertz CT molecular complexity index is 312. The van der Waals surface area contributed by atoms with E-state index < -0.39 is 0 Å². The maximum atomic E-state index is 5.57. The number of benzene rings is 1. The van der Waals surface area contributed by atoms with Gasteiger partial charge in [0, 0.05) is 6.54 Å². The molecule has 0 aromatic heterocycles. The highest BCUT2D eigenvalue weighted by atomic mass is 35.5. The second-order valence-corrected chi connectivity index (χ2v) is 3.50. The fraction of sp³-hybridized carbons (Fsp3) is 0.455. The third-order valence-electron chi connectivity index (χ3n) is 2.48. The fourth-order valence-electron chi connectivity index (χ4n) is 1.45. The average molecular weight is 214 g/mol. The third-order valence-corrected chi connectivity index (χ3v) is 2.67. The zero-order chi connectivity index (χ0) is 10.6. The summed E-state index contributed by atoms with van der Waals surface area (Å²) in [5.41, 5.74) is 3.73. The van der Waals surface area contributed by atoms with Crippen LogP contribution in [0.25, 0.3) is 0 Å². The first-order valence-corrected chi connectivity index (χ1v) is 5.14. The lowest BCUT2D eigenvalue weighted by molar-refractivity contribution is 0.411. The Balaban J connectivity index is 2.92. The molecule has 1 N–H and O–H groups in total. The topological polar surface area (TPSA) is 21.3 Å². The van der Waals surface area contributed by atoms with Crippen LogP contribution in [-0.2, 0) is 6.54 Å². The molecule has 0 aliphatic carbocycles. The molecular formula is C11H16ClNO. The van der Waals surface area contributed by atoms with Crippen molar-refractivity contribution in [2.24, 2.45) is 0 Å². The Morgan fingerprint density at radius 3 is 2.57 bits per heavy atom. The maximum absolute atomic E-state index is 5.57. The summed E-state index contributed by atoms with van der Waals surface area (Å²) in [6.45, 7) is 4.97. The van der Waals surface area contributed by atoms with Crippen LogP contribution < -0.4 is 10.1 Å². The number of ether oxygens (including phenoxy) is 1. The predicted molar refractivity (Wildman–Crippen MR) is 60.0 cm³/mol. The molecule has 0 unspecified atom stereocenters. The minimum Gasteiger partial charge on any atom is -0.496 e. The lowest BCUT2D eigenvalue weighted by Gasteiger charge is -2.12. The van der Waals surface area contributed by atoms with E-state index in [9.17, 15) is 0 Å². The quantitative estimate of drug-likeness (QED) is 0.613. The Morgan fingerprint density at radius 1 is 1.29 bits per heavy atom. The van der Waals surface area contributed by atoms with E-state index in [2.05, 4.69) is 25.2 Å². The van der Waals surface area contributed by atoms with E-state index in [4.69, 9.17) is 16.3 Å². The first-order valence-electron chi connectivity index (χ1n) is 4.60. The number of hydrogen-bond acceptors (Lipinski definition) is 2. The van der Waals surface area contributed by atoms with Gasteiger partial charge in [0.1, 0.15) is 5.75 Å². The summed E-state index contributed by atoms with van der Waals surface area (Å²) in [7, 11) is 1.69. The standard InChI is InChI=1S/C11H16ClNO/c1-8-9(2)11(14-3)5-4-10(8)6-13-7-12/h4-5,13H,6-7H2,1-3H3. The van der Waals surface area contributed by atoms with Crippen LogP contribution in [0.5, 0.6) is 5.75 Å². The monoisotopic (exact) mass is 213 g/mol. The zero-order valence-electron chi connectivity index (χ0n) is 8.86. The van der Waals surface area contributed by atoms with Crippen molar-refractivity contribution in [1.82, 2.24) is 5.32 Å². The molecule has 0 aliphatic rings. The molecule has 1 aromatic carbocycles. The lowest BCUT2D eigenvalue weighted by Crippen LogP contribution is -2.11. The van der Waals surface area contributed by atoms with Crippen molar-refractivity contribution in [1.29, 1.82) is 0 Å². The van der Waals surface area contributed by atoms with Crippen molar-refractivity contribution in [2.75, 3.05) is 13.1 Å². The summed E-state index contributed by atoms with van der Waals surface area (Å²) >= 11 is 5.57. The molecule has 0 heterocycles. The molecular weight excluding hydrogens is 198 g/mol. The highest BCUT2D eigenvalue weighted by Gasteiger charge is 2.05. The summed E-state index contributed by atoms with van der Waals surface area (Å²) in [5.74, 6) is 0.942. The highest BCUT2D eigenvalue weighted by molar-refractivity contribution is 6.17. The van der Waals surface area contributed by atoms with Crippen LogP contribution in [0.3, 0.4) is 0 Å². The van der Waals surface area contributed by atoms with Crippen molar-refractivity contribution < 1.29 is 4.74 Å². The number of halogens is 1. The van der Waals surface area contributed by atoms with Crippen LogP contribution in [0.4, 0.5) is 0 Å². The van der Waals surface area contributed by atoms with Crippen LogP contribution in [-0.4, -0.2) is 13.1 Å². The molecule has 1 aromatic rings. The van der Waals surface area contributed by atoms with Gasteiger partial charge in [0.25, 0.3) is 0 Å². The minimum absolute atomic E-state index is 0.477. The smallest absolute Gasteiger partial charge is 0.122 e. The van der Waals surface area contributed by atoms with E-state index in [0.717, 1.165) is 12.3 Å². The van der Waals surface area contributed by atoms with Gasteiger partial charge < -0.3 is 4.74 Å². The molecule has 0 amide bonds. The number of alkyl halides is 1. The summed E-state index contributed by atoms with van der Waals surface area (Å²) < 4.78 is 5.24. The molecule has 2 nitrogen and oxygen atoms in total. The van der Waals surface area contributed by atoms with E-state index in [1.54, 1.807) is 7.11 Å². The van der Waals surface area contributed by atoms with Crippen molar-refractivity contribution in [3.05, 3.63) is 28.8 Å². The summed E-state index contributed by atoms with van der Waals surface area (Å²) in [5, 5.41) is 3.09. The van der Waals surface area contributed by atoms with Gasteiger partial charge in [-0.3, -0.25) is 5.32 Å². The summed E-state index contributed by atoms with van der Waals surface area (Å²) in [4.78, 5) is 0. The number of hydrogen-bond donors (Lipinski definition) is 1. The Kier molecular flexibility index (Phi) is 4.23. The molecule has 0 radical (unpaired) electrons. The first-order chi connectivity index (χ1) is 6.70. The van der Waals surface area contributed by atoms with Crippen LogP contribution in [0.2, 0.25) is 0 Å². The van der Waals surface area contributed by atoms with Gasteiger partial charge in [-0.15, -0.1) is 11.6 Å². The molecule has 0 spiro atoms. The average Bonchev–Trinajstić information content (AvgIpc) is 2.20.